The van der Waals surface area contributed by atoms with Gasteiger partial charge in [0.05, 0.1) is 5.92 Å². The summed E-state index contributed by atoms with van der Waals surface area (Å²) in [6.45, 7) is 0. The number of carboxylic acids is 1. The van der Waals surface area contributed by atoms with Gasteiger partial charge in [0.2, 0.25) is 0 Å². The average molecular weight is 248 g/mol. The molecular weight excluding hydrogens is 232 g/mol. The maximum atomic E-state index is 11.5. The zero-order valence-corrected chi connectivity index (χ0v) is 9.66. The normalized spacial score (nSPS) is 30.5. The van der Waals surface area contributed by atoms with Gasteiger partial charge in [0.15, 0.2) is 0 Å². The maximum Gasteiger partial charge on any atom is 0.306 e. The van der Waals surface area contributed by atoms with Gasteiger partial charge in [0, 0.05) is 12.1 Å². The first-order chi connectivity index (χ1) is 7.46. The Balaban J connectivity index is 1.83. The van der Waals surface area contributed by atoms with Crippen LogP contribution >= 0.6 is 0 Å². The number of hydrogen-bond acceptors (Lipinski definition) is 3. The zero-order valence-electron chi connectivity index (χ0n) is 8.85. The smallest absolute Gasteiger partial charge is 0.306 e. The van der Waals surface area contributed by atoms with Crippen molar-refractivity contribution in [3.05, 3.63) is 0 Å². The molecule has 0 saturated heterocycles. The highest BCUT2D eigenvalue weighted by atomic mass is 32.2. The second kappa shape index (κ2) is 4.31. The summed E-state index contributed by atoms with van der Waals surface area (Å²) in [5.41, 5.74) is 0. The molecule has 3 N–H and O–H groups in total. The average Bonchev–Trinajstić information content (AvgIpc) is 2.80. The van der Waals surface area contributed by atoms with Gasteiger partial charge in [-0.3, -0.25) is 4.79 Å². The lowest BCUT2D eigenvalue weighted by atomic mass is 10.1. The minimum absolute atomic E-state index is 0.0779. The first-order valence-corrected chi connectivity index (χ1v) is 6.97. The molecule has 0 spiro atoms. The monoisotopic (exact) mass is 248 g/mol. The summed E-state index contributed by atoms with van der Waals surface area (Å²) in [7, 11) is -3.44. The molecule has 0 aliphatic heterocycles. The Morgan fingerprint density at radius 2 is 1.62 bits per heavy atom. The van der Waals surface area contributed by atoms with Crippen molar-refractivity contribution in [3.63, 3.8) is 0 Å². The van der Waals surface area contributed by atoms with Gasteiger partial charge in [0.25, 0.3) is 10.2 Å². The van der Waals surface area contributed by atoms with Crippen LogP contribution in [0.5, 0.6) is 0 Å². The van der Waals surface area contributed by atoms with E-state index in [1.54, 1.807) is 0 Å². The molecule has 0 aromatic rings. The molecule has 2 saturated carbocycles. The fraction of sp³-hybridized carbons (Fsp3) is 0.889. The van der Waals surface area contributed by atoms with Crippen LogP contribution in [0.4, 0.5) is 0 Å². The second-order valence-electron chi connectivity index (χ2n) is 4.56. The van der Waals surface area contributed by atoms with Gasteiger partial charge >= 0.3 is 5.97 Å². The molecule has 2 atom stereocenters. The zero-order chi connectivity index (χ0) is 11.8. The fourth-order valence-corrected chi connectivity index (χ4v) is 3.38. The Labute approximate surface area is 94.6 Å². The first kappa shape index (κ1) is 11.8. The predicted octanol–water partition coefficient (Wildman–Crippen LogP) is -0.174. The van der Waals surface area contributed by atoms with Crippen LogP contribution < -0.4 is 9.44 Å². The van der Waals surface area contributed by atoms with Gasteiger partial charge in [-0.05, 0) is 32.1 Å². The molecule has 92 valence electrons. The van der Waals surface area contributed by atoms with Gasteiger partial charge in [-0.2, -0.15) is 17.9 Å². The van der Waals surface area contributed by atoms with E-state index in [9.17, 15) is 13.2 Å². The Bertz CT molecular complexity index is 377. The molecule has 0 bridgehead atoms. The molecule has 7 heteroatoms. The molecular formula is C9H16N2O4S. The standard InChI is InChI=1S/C9H16N2O4S/c12-9(13)6-1-2-8(5-6)11-16(14,15)10-7-3-4-7/h6-8,10-11H,1-5H2,(H,12,13)/t6-,8+/m1/s1. The molecule has 0 unspecified atom stereocenters. The van der Waals surface area contributed by atoms with Crippen molar-refractivity contribution in [1.29, 1.82) is 0 Å². The van der Waals surface area contributed by atoms with E-state index < -0.39 is 22.1 Å². The third-order valence-electron chi connectivity index (χ3n) is 3.00. The lowest BCUT2D eigenvalue weighted by Gasteiger charge is -2.13. The van der Waals surface area contributed by atoms with Crippen LogP contribution in [0.3, 0.4) is 0 Å². The summed E-state index contributed by atoms with van der Waals surface area (Å²) < 4.78 is 28.1. The summed E-state index contributed by atoms with van der Waals surface area (Å²) in [6, 6.07) is -0.161. The molecule has 2 fully saturated rings. The number of rotatable bonds is 5. The van der Waals surface area contributed by atoms with E-state index in [1.807, 2.05) is 0 Å². The lowest BCUT2D eigenvalue weighted by molar-refractivity contribution is -0.141. The fourth-order valence-electron chi connectivity index (χ4n) is 1.99. The molecule has 6 nitrogen and oxygen atoms in total. The summed E-state index contributed by atoms with van der Waals surface area (Å²) >= 11 is 0. The number of carboxylic acid groups (broad SMARTS) is 1. The highest BCUT2D eigenvalue weighted by Gasteiger charge is 2.33. The number of carbonyl (C=O) groups is 1. The van der Waals surface area contributed by atoms with E-state index in [0.717, 1.165) is 12.8 Å². The van der Waals surface area contributed by atoms with E-state index in [0.29, 0.717) is 19.3 Å². The molecule has 2 aliphatic rings. The van der Waals surface area contributed by atoms with E-state index in [1.165, 1.54) is 0 Å². The van der Waals surface area contributed by atoms with Crippen LogP contribution in [0.1, 0.15) is 32.1 Å². The molecule has 0 radical (unpaired) electrons. The van der Waals surface area contributed by atoms with Crippen LogP contribution in [-0.2, 0) is 15.0 Å². The van der Waals surface area contributed by atoms with Crippen LogP contribution in [0.25, 0.3) is 0 Å². The van der Waals surface area contributed by atoms with Crippen LogP contribution in [0, 0.1) is 5.92 Å². The number of nitrogens with one attached hydrogen (secondary N) is 2. The Hall–Kier alpha value is -0.660. The van der Waals surface area contributed by atoms with Crippen molar-refractivity contribution in [2.45, 2.75) is 44.2 Å². The molecule has 2 aliphatic carbocycles. The quantitative estimate of drug-likeness (QED) is 0.629. The highest BCUT2D eigenvalue weighted by molar-refractivity contribution is 7.87. The molecule has 0 amide bonds. The van der Waals surface area contributed by atoms with Gasteiger partial charge in [-0.25, -0.2) is 0 Å². The van der Waals surface area contributed by atoms with Crippen molar-refractivity contribution >= 4 is 16.2 Å². The third kappa shape index (κ3) is 3.16. The molecule has 0 heterocycles. The lowest BCUT2D eigenvalue weighted by Crippen LogP contribution is -2.42. The molecule has 16 heavy (non-hydrogen) atoms. The van der Waals surface area contributed by atoms with Crippen molar-refractivity contribution in [3.8, 4) is 0 Å². The molecule has 0 aromatic carbocycles. The summed E-state index contributed by atoms with van der Waals surface area (Å²) in [5, 5.41) is 8.79. The summed E-state index contributed by atoms with van der Waals surface area (Å²) in [5.74, 6) is -1.24. The van der Waals surface area contributed by atoms with Crippen LogP contribution in [-0.4, -0.2) is 31.6 Å². The SMILES string of the molecule is O=C(O)[C@@H]1CC[C@H](NS(=O)(=O)NC2CC2)C1. The minimum atomic E-state index is -3.44. The minimum Gasteiger partial charge on any atom is -0.481 e. The molecule has 2 rings (SSSR count). The van der Waals surface area contributed by atoms with Gasteiger partial charge in [-0.1, -0.05) is 0 Å². The van der Waals surface area contributed by atoms with E-state index in [4.69, 9.17) is 5.11 Å². The molecule has 0 aromatic heterocycles. The van der Waals surface area contributed by atoms with Gasteiger partial charge in [-0.15, -0.1) is 0 Å². The summed E-state index contributed by atoms with van der Waals surface area (Å²) in [4.78, 5) is 10.7. The number of aliphatic carboxylic acids is 1. The van der Waals surface area contributed by atoms with E-state index in [-0.39, 0.29) is 12.1 Å². The van der Waals surface area contributed by atoms with Crippen LogP contribution in [0.15, 0.2) is 0 Å². The predicted molar refractivity (Wildman–Crippen MR) is 57.0 cm³/mol. The first-order valence-electron chi connectivity index (χ1n) is 5.48. The Kier molecular flexibility index (Phi) is 3.18. The maximum absolute atomic E-state index is 11.5. The second-order valence-corrected chi connectivity index (χ2v) is 6.04. The van der Waals surface area contributed by atoms with Crippen molar-refractivity contribution in [2.24, 2.45) is 5.92 Å². The van der Waals surface area contributed by atoms with Crippen molar-refractivity contribution < 1.29 is 18.3 Å². The highest BCUT2D eigenvalue weighted by Crippen LogP contribution is 2.26. The van der Waals surface area contributed by atoms with Crippen LogP contribution in [0.2, 0.25) is 0 Å². The van der Waals surface area contributed by atoms with Gasteiger partial charge < -0.3 is 5.11 Å². The van der Waals surface area contributed by atoms with Crippen molar-refractivity contribution in [2.75, 3.05) is 0 Å². The third-order valence-corrected chi connectivity index (χ3v) is 4.29. The summed E-state index contributed by atoms with van der Waals surface area (Å²) in [6.07, 6.45) is 3.32. The van der Waals surface area contributed by atoms with E-state index in [2.05, 4.69) is 9.44 Å². The largest absolute Gasteiger partial charge is 0.481 e. The van der Waals surface area contributed by atoms with E-state index >= 15 is 0 Å². The Morgan fingerprint density at radius 1 is 1.06 bits per heavy atom. The topological polar surface area (TPSA) is 95.5 Å². The van der Waals surface area contributed by atoms with Crippen molar-refractivity contribution in [1.82, 2.24) is 9.44 Å². The van der Waals surface area contributed by atoms with Gasteiger partial charge in [0.1, 0.15) is 0 Å². The number of hydrogen-bond donors (Lipinski definition) is 3. The Morgan fingerprint density at radius 3 is 2.12 bits per heavy atom.